The molecule has 0 spiro atoms. The molecule has 0 N–H and O–H groups in total. The highest BCUT2D eigenvalue weighted by Gasteiger charge is 2.32. The van der Waals surface area contributed by atoms with Crippen LogP contribution in [0.25, 0.3) is 0 Å². The van der Waals surface area contributed by atoms with E-state index in [-0.39, 0.29) is 17.9 Å². The van der Waals surface area contributed by atoms with Gasteiger partial charge in [-0.2, -0.15) is 0 Å². The van der Waals surface area contributed by atoms with E-state index in [1.807, 2.05) is 47.4 Å². The summed E-state index contributed by atoms with van der Waals surface area (Å²) in [6.07, 6.45) is 1.64. The Balaban J connectivity index is 1.53. The molecule has 21 heavy (non-hydrogen) atoms. The van der Waals surface area contributed by atoms with Gasteiger partial charge >= 0.3 is 0 Å². The number of amides is 1. The van der Waals surface area contributed by atoms with Gasteiger partial charge in [0.05, 0.1) is 12.9 Å². The van der Waals surface area contributed by atoms with Crippen LogP contribution < -0.4 is 0 Å². The Bertz CT molecular complexity index is 570. The first kappa shape index (κ1) is 14.2. The molecule has 1 aliphatic heterocycles. The monoisotopic (exact) mass is 303 g/mol. The quantitative estimate of drug-likeness (QED) is 0.851. The number of carbonyl (C=O) groups is 1. The van der Waals surface area contributed by atoms with Crippen molar-refractivity contribution in [1.29, 1.82) is 0 Å². The van der Waals surface area contributed by atoms with E-state index in [9.17, 15) is 4.79 Å². The summed E-state index contributed by atoms with van der Waals surface area (Å²) in [5, 5.41) is -0.0205. The molecule has 3 rings (SSSR count). The average Bonchev–Trinajstić information content (AvgIpc) is 3.19. The standard InChI is InChI=1S/C16H17NO3S/c18-15(12-19-11-13-5-2-1-3-6-13)17-8-10-21-16(17)14-7-4-9-20-14/h1-7,9,16H,8,10-12H2/t16-/m0/s1. The first-order chi connectivity index (χ1) is 10.3. The van der Waals surface area contributed by atoms with Gasteiger partial charge in [0.15, 0.2) is 0 Å². The van der Waals surface area contributed by atoms with Gasteiger partial charge < -0.3 is 14.1 Å². The van der Waals surface area contributed by atoms with Gasteiger partial charge in [0, 0.05) is 12.3 Å². The van der Waals surface area contributed by atoms with Gasteiger partial charge in [0.25, 0.3) is 0 Å². The summed E-state index contributed by atoms with van der Waals surface area (Å²) in [4.78, 5) is 14.1. The minimum absolute atomic E-state index is 0.0114. The molecular weight excluding hydrogens is 286 g/mol. The van der Waals surface area contributed by atoms with E-state index >= 15 is 0 Å². The van der Waals surface area contributed by atoms with Crippen LogP contribution in [0.15, 0.2) is 53.1 Å². The van der Waals surface area contributed by atoms with E-state index in [1.165, 1.54) is 0 Å². The molecule has 1 aromatic heterocycles. The van der Waals surface area contributed by atoms with Gasteiger partial charge in [0.1, 0.15) is 17.7 Å². The highest BCUT2D eigenvalue weighted by Crippen LogP contribution is 2.37. The maximum absolute atomic E-state index is 12.3. The van der Waals surface area contributed by atoms with Crippen molar-refractivity contribution >= 4 is 17.7 Å². The topological polar surface area (TPSA) is 42.7 Å². The molecule has 1 amide bonds. The summed E-state index contributed by atoms with van der Waals surface area (Å²) >= 11 is 1.72. The van der Waals surface area contributed by atoms with Crippen molar-refractivity contribution in [3.63, 3.8) is 0 Å². The fraction of sp³-hybridized carbons (Fsp3) is 0.312. The third-order valence-corrected chi connectivity index (χ3v) is 4.56. The van der Waals surface area contributed by atoms with Gasteiger partial charge in [-0.25, -0.2) is 0 Å². The molecule has 5 heteroatoms. The zero-order chi connectivity index (χ0) is 14.5. The lowest BCUT2D eigenvalue weighted by molar-refractivity contribution is -0.136. The number of ether oxygens (including phenoxy) is 1. The highest BCUT2D eigenvalue weighted by molar-refractivity contribution is 7.99. The third kappa shape index (κ3) is 3.49. The van der Waals surface area contributed by atoms with Crippen molar-refractivity contribution in [3.8, 4) is 0 Å². The Morgan fingerprint density at radius 3 is 2.90 bits per heavy atom. The molecule has 110 valence electrons. The zero-order valence-corrected chi connectivity index (χ0v) is 12.4. The number of rotatable bonds is 5. The molecule has 0 bridgehead atoms. The van der Waals surface area contributed by atoms with E-state index < -0.39 is 0 Å². The smallest absolute Gasteiger partial charge is 0.249 e. The normalized spacial score (nSPS) is 18.1. The molecule has 0 saturated carbocycles. The van der Waals surface area contributed by atoms with Crippen LogP contribution in [0.1, 0.15) is 16.7 Å². The lowest BCUT2D eigenvalue weighted by Crippen LogP contribution is -2.33. The van der Waals surface area contributed by atoms with Gasteiger partial charge in [-0.3, -0.25) is 4.79 Å². The fourth-order valence-corrected chi connectivity index (χ4v) is 3.53. The summed E-state index contributed by atoms with van der Waals surface area (Å²) in [5.41, 5.74) is 1.07. The number of carbonyl (C=O) groups excluding carboxylic acids is 1. The van der Waals surface area contributed by atoms with Gasteiger partial charge in [-0.05, 0) is 17.7 Å². The first-order valence-corrected chi connectivity index (χ1v) is 7.95. The maximum Gasteiger partial charge on any atom is 0.249 e. The number of nitrogens with zero attached hydrogens (tertiary/aromatic N) is 1. The number of thioether (sulfide) groups is 1. The van der Waals surface area contributed by atoms with Crippen molar-refractivity contribution in [2.75, 3.05) is 18.9 Å². The Morgan fingerprint density at radius 1 is 1.29 bits per heavy atom. The summed E-state index contributed by atoms with van der Waals surface area (Å²) in [6.45, 7) is 1.30. The maximum atomic E-state index is 12.3. The zero-order valence-electron chi connectivity index (χ0n) is 11.6. The van der Waals surface area contributed by atoms with Crippen molar-refractivity contribution in [2.45, 2.75) is 12.0 Å². The molecule has 1 aromatic carbocycles. The highest BCUT2D eigenvalue weighted by atomic mass is 32.2. The Hall–Kier alpha value is -1.72. The van der Waals surface area contributed by atoms with Crippen LogP contribution in [-0.2, 0) is 16.1 Å². The van der Waals surface area contributed by atoms with E-state index in [0.717, 1.165) is 23.6 Å². The first-order valence-electron chi connectivity index (χ1n) is 6.91. The molecule has 0 unspecified atom stereocenters. The van der Waals surface area contributed by atoms with Crippen molar-refractivity contribution in [2.24, 2.45) is 0 Å². The van der Waals surface area contributed by atoms with Crippen LogP contribution in [0.4, 0.5) is 0 Å². The molecule has 1 saturated heterocycles. The van der Waals surface area contributed by atoms with E-state index in [0.29, 0.717) is 6.61 Å². The average molecular weight is 303 g/mol. The largest absolute Gasteiger partial charge is 0.466 e. The Kier molecular flexibility index (Phi) is 4.62. The summed E-state index contributed by atoms with van der Waals surface area (Å²) in [6, 6.07) is 13.6. The molecule has 1 fully saturated rings. The minimum Gasteiger partial charge on any atom is -0.466 e. The lowest BCUT2D eigenvalue weighted by Gasteiger charge is -2.22. The SMILES string of the molecule is O=C(COCc1ccccc1)N1CCS[C@H]1c1ccco1. The fourth-order valence-electron chi connectivity index (χ4n) is 2.31. The van der Waals surface area contributed by atoms with Gasteiger partial charge in [-0.15, -0.1) is 11.8 Å². The lowest BCUT2D eigenvalue weighted by atomic mass is 10.2. The van der Waals surface area contributed by atoms with Crippen LogP contribution >= 0.6 is 11.8 Å². The van der Waals surface area contributed by atoms with E-state index in [2.05, 4.69) is 0 Å². The summed E-state index contributed by atoms with van der Waals surface area (Å²) < 4.78 is 10.9. The summed E-state index contributed by atoms with van der Waals surface area (Å²) in [7, 11) is 0. The molecule has 1 atom stereocenters. The minimum atomic E-state index is -0.0205. The van der Waals surface area contributed by atoms with Gasteiger partial charge in [0.2, 0.25) is 5.91 Å². The third-order valence-electron chi connectivity index (χ3n) is 3.33. The molecular formula is C16H17NO3S. The van der Waals surface area contributed by atoms with Crippen LogP contribution in [-0.4, -0.2) is 29.7 Å². The molecule has 2 aromatic rings. The van der Waals surface area contributed by atoms with Crippen LogP contribution in [0.5, 0.6) is 0 Å². The second-order valence-electron chi connectivity index (χ2n) is 4.80. The van der Waals surface area contributed by atoms with Gasteiger partial charge in [-0.1, -0.05) is 30.3 Å². The predicted octanol–water partition coefficient (Wildman–Crippen LogP) is 3.07. The van der Waals surface area contributed by atoms with Crippen molar-refractivity contribution in [3.05, 3.63) is 60.1 Å². The summed E-state index contributed by atoms with van der Waals surface area (Å²) in [5.74, 6) is 1.77. The molecule has 0 radical (unpaired) electrons. The molecule has 1 aliphatic rings. The number of hydrogen-bond donors (Lipinski definition) is 0. The van der Waals surface area contributed by atoms with Crippen LogP contribution in [0, 0.1) is 0 Å². The number of hydrogen-bond acceptors (Lipinski definition) is 4. The molecule has 0 aliphatic carbocycles. The van der Waals surface area contributed by atoms with E-state index in [4.69, 9.17) is 9.15 Å². The second-order valence-corrected chi connectivity index (χ2v) is 5.99. The van der Waals surface area contributed by atoms with Crippen LogP contribution in [0.2, 0.25) is 0 Å². The molecule has 2 heterocycles. The van der Waals surface area contributed by atoms with Crippen LogP contribution in [0.3, 0.4) is 0 Å². The van der Waals surface area contributed by atoms with E-state index in [1.54, 1.807) is 18.0 Å². The second kappa shape index (κ2) is 6.83. The number of furan rings is 1. The van der Waals surface area contributed by atoms with Crippen molar-refractivity contribution in [1.82, 2.24) is 4.90 Å². The Labute approximate surface area is 128 Å². The Morgan fingerprint density at radius 2 is 2.14 bits per heavy atom. The predicted molar refractivity (Wildman–Crippen MR) is 81.7 cm³/mol. The van der Waals surface area contributed by atoms with Crippen molar-refractivity contribution < 1.29 is 13.9 Å². The molecule has 4 nitrogen and oxygen atoms in total. The number of benzene rings is 1.